The van der Waals surface area contributed by atoms with Crippen LogP contribution in [0.3, 0.4) is 0 Å². The third-order valence-corrected chi connectivity index (χ3v) is 4.82. The van der Waals surface area contributed by atoms with E-state index in [2.05, 4.69) is 28.6 Å². The van der Waals surface area contributed by atoms with Crippen molar-refractivity contribution in [1.29, 1.82) is 0 Å². The van der Waals surface area contributed by atoms with Crippen LogP contribution in [0.1, 0.15) is 11.1 Å². The quantitative estimate of drug-likeness (QED) is 0.394. The Bertz CT molecular complexity index is 1090. The number of nitrogens with one attached hydrogen (secondary N) is 2. The molecule has 0 unspecified atom stereocenters. The fourth-order valence-corrected chi connectivity index (χ4v) is 3.30. The van der Waals surface area contributed by atoms with Crippen molar-refractivity contribution in [3.8, 4) is 17.2 Å². The molecule has 29 heavy (non-hydrogen) atoms. The van der Waals surface area contributed by atoms with Gasteiger partial charge in [-0.1, -0.05) is 12.1 Å². The van der Waals surface area contributed by atoms with Gasteiger partial charge in [0.1, 0.15) is 23.1 Å². The minimum absolute atomic E-state index is 0.274. The molecule has 0 spiro atoms. The summed E-state index contributed by atoms with van der Waals surface area (Å²) in [4.78, 5) is 3.31. The molecule has 148 valence electrons. The molecule has 0 bridgehead atoms. The first-order valence-corrected chi connectivity index (χ1v) is 9.58. The average Bonchev–Trinajstić information content (AvgIpc) is 3.15. The van der Waals surface area contributed by atoms with Crippen LogP contribution < -0.4 is 14.8 Å². The number of methoxy groups -OCH3 is 1. The molecule has 0 aliphatic carbocycles. The normalized spacial score (nSPS) is 11.0. The van der Waals surface area contributed by atoms with Crippen LogP contribution in [0.15, 0.2) is 72.9 Å². The number of H-pyrrole nitrogens is 1. The molecule has 5 heteroatoms. The SMILES string of the molecule is COc1ccc2[nH]cc(CCNCc3cccc(Oc4ccc(F)cc4)c3)c2c1. The molecule has 4 aromatic rings. The fourth-order valence-electron chi connectivity index (χ4n) is 3.30. The molecule has 0 atom stereocenters. The number of hydrogen-bond acceptors (Lipinski definition) is 3. The van der Waals surface area contributed by atoms with Crippen LogP contribution >= 0.6 is 0 Å². The monoisotopic (exact) mass is 390 g/mol. The highest BCUT2D eigenvalue weighted by molar-refractivity contribution is 5.84. The summed E-state index contributed by atoms with van der Waals surface area (Å²) in [5.41, 5.74) is 3.51. The zero-order valence-electron chi connectivity index (χ0n) is 16.2. The minimum atomic E-state index is -0.274. The van der Waals surface area contributed by atoms with E-state index in [1.54, 1.807) is 19.2 Å². The van der Waals surface area contributed by atoms with Gasteiger partial charge in [-0.25, -0.2) is 4.39 Å². The van der Waals surface area contributed by atoms with Gasteiger partial charge in [0.2, 0.25) is 0 Å². The summed E-state index contributed by atoms with van der Waals surface area (Å²) < 4.78 is 24.1. The molecule has 4 nitrogen and oxygen atoms in total. The molecule has 1 heterocycles. The molecule has 3 aromatic carbocycles. The lowest BCUT2D eigenvalue weighted by Crippen LogP contribution is -2.16. The summed E-state index contributed by atoms with van der Waals surface area (Å²) in [6.07, 6.45) is 2.97. The minimum Gasteiger partial charge on any atom is -0.497 e. The van der Waals surface area contributed by atoms with Gasteiger partial charge in [-0.15, -0.1) is 0 Å². The van der Waals surface area contributed by atoms with Crippen molar-refractivity contribution in [2.75, 3.05) is 13.7 Å². The van der Waals surface area contributed by atoms with E-state index in [0.717, 1.165) is 42.1 Å². The fraction of sp³-hybridized carbons (Fsp3) is 0.167. The van der Waals surface area contributed by atoms with E-state index in [-0.39, 0.29) is 5.82 Å². The third-order valence-electron chi connectivity index (χ3n) is 4.82. The predicted molar refractivity (Wildman–Crippen MR) is 113 cm³/mol. The second-order valence-corrected chi connectivity index (χ2v) is 6.86. The molecule has 0 aliphatic rings. The van der Waals surface area contributed by atoms with Crippen LogP contribution in [-0.4, -0.2) is 18.6 Å². The number of aromatic amines is 1. The molecule has 0 radical (unpaired) electrons. The number of benzene rings is 3. The summed E-state index contributed by atoms with van der Waals surface area (Å²) in [5, 5.41) is 4.68. The van der Waals surface area contributed by atoms with Crippen LogP contribution in [0, 0.1) is 5.82 Å². The van der Waals surface area contributed by atoms with E-state index in [0.29, 0.717) is 5.75 Å². The number of hydrogen-bond donors (Lipinski definition) is 2. The Balaban J connectivity index is 1.32. The van der Waals surface area contributed by atoms with Crippen molar-refractivity contribution in [2.45, 2.75) is 13.0 Å². The Morgan fingerprint density at radius 1 is 0.931 bits per heavy atom. The highest BCUT2D eigenvalue weighted by Gasteiger charge is 2.05. The van der Waals surface area contributed by atoms with Crippen LogP contribution in [0.4, 0.5) is 4.39 Å². The largest absolute Gasteiger partial charge is 0.497 e. The Labute approximate surface area is 169 Å². The Morgan fingerprint density at radius 3 is 2.59 bits per heavy atom. The van der Waals surface area contributed by atoms with E-state index in [4.69, 9.17) is 9.47 Å². The lowest BCUT2D eigenvalue weighted by atomic mass is 10.1. The highest BCUT2D eigenvalue weighted by Crippen LogP contribution is 2.24. The topological polar surface area (TPSA) is 46.3 Å². The zero-order chi connectivity index (χ0) is 20.1. The van der Waals surface area contributed by atoms with Gasteiger partial charge in [-0.2, -0.15) is 0 Å². The van der Waals surface area contributed by atoms with E-state index in [9.17, 15) is 4.39 Å². The number of aromatic nitrogens is 1. The van der Waals surface area contributed by atoms with Crippen molar-refractivity contribution in [3.63, 3.8) is 0 Å². The van der Waals surface area contributed by atoms with Crippen molar-refractivity contribution < 1.29 is 13.9 Å². The smallest absolute Gasteiger partial charge is 0.127 e. The van der Waals surface area contributed by atoms with Gasteiger partial charge in [0.05, 0.1) is 7.11 Å². The number of ether oxygens (including phenoxy) is 2. The van der Waals surface area contributed by atoms with Gasteiger partial charge in [0.15, 0.2) is 0 Å². The molecule has 0 amide bonds. The van der Waals surface area contributed by atoms with Crippen molar-refractivity contribution in [3.05, 3.63) is 89.9 Å². The lowest BCUT2D eigenvalue weighted by molar-refractivity contribution is 0.415. The summed E-state index contributed by atoms with van der Waals surface area (Å²) in [7, 11) is 1.68. The molecule has 4 rings (SSSR count). The van der Waals surface area contributed by atoms with Gasteiger partial charge in [-0.3, -0.25) is 0 Å². The Kier molecular flexibility index (Phi) is 5.77. The van der Waals surface area contributed by atoms with E-state index < -0.39 is 0 Å². The maximum absolute atomic E-state index is 13.0. The molecular weight excluding hydrogens is 367 g/mol. The van der Waals surface area contributed by atoms with Crippen LogP contribution in [-0.2, 0) is 13.0 Å². The van der Waals surface area contributed by atoms with E-state index >= 15 is 0 Å². The highest BCUT2D eigenvalue weighted by atomic mass is 19.1. The molecular formula is C24H23FN2O2. The third kappa shape index (κ3) is 4.76. The molecule has 0 fully saturated rings. The van der Waals surface area contributed by atoms with Gasteiger partial charge in [0.25, 0.3) is 0 Å². The summed E-state index contributed by atoms with van der Waals surface area (Å²) in [5.74, 6) is 1.94. The van der Waals surface area contributed by atoms with Crippen LogP contribution in [0.25, 0.3) is 10.9 Å². The first kappa shape index (κ1) is 19.0. The van der Waals surface area contributed by atoms with Crippen LogP contribution in [0.2, 0.25) is 0 Å². The molecule has 0 aliphatic heterocycles. The second-order valence-electron chi connectivity index (χ2n) is 6.86. The lowest BCUT2D eigenvalue weighted by Gasteiger charge is -2.09. The first-order chi connectivity index (χ1) is 14.2. The Hall–Kier alpha value is -3.31. The number of fused-ring (bicyclic) bond motifs is 1. The van der Waals surface area contributed by atoms with E-state index in [1.165, 1.54) is 23.1 Å². The van der Waals surface area contributed by atoms with Gasteiger partial charge in [0, 0.05) is 23.6 Å². The summed E-state index contributed by atoms with van der Waals surface area (Å²) in [6, 6.07) is 20.0. The van der Waals surface area contributed by atoms with Crippen LogP contribution in [0.5, 0.6) is 17.2 Å². The molecule has 0 saturated carbocycles. The molecule has 0 saturated heterocycles. The first-order valence-electron chi connectivity index (χ1n) is 9.58. The summed E-state index contributed by atoms with van der Waals surface area (Å²) in [6.45, 7) is 1.60. The summed E-state index contributed by atoms with van der Waals surface area (Å²) >= 11 is 0. The maximum atomic E-state index is 13.0. The van der Waals surface area contributed by atoms with Crippen molar-refractivity contribution in [1.82, 2.24) is 10.3 Å². The van der Waals surface area contributed by atoms with E-state index in [1.807, 2.05) is 30.3 Å². The standard InChI is InChI=1S/C24H23FN2O2/c1-28-21-9-10-24-23(14-21)18(16-27-24)11-12-26-15-17-3-2-4-22(13-17)29-20-7-5-19(25)6-8-20/h2-10,13-14,16,26-27H,11-12,15H2,1H3. The van der Waals surface area contributed by atoms with Gasteiger partial charge in [-0.05, 0) is 78.7 Å². The van der Waals surface area contributed by atoms with Crippen molar-refractivity contribution in [2.24, 2.45) is 0 Å². The Morgan fingerprint density at radius 2 is 1.76 bits per heavy atom. The maximum Gasteiger partial charge on any atom is 0.127 e. The number of rotatable bonds is 8. The molecule has 1 aromatic heterocycles. The van der Waals surface area contributed by atoms with Crippen molar-refractivity contribution >= 4 is 10.9 Å². The van der Waals surface area contributed by atoms with Gasteiger partial charge >= 0.3 is 0 Å². The zero-order valence-corrected chi connectivity index (χ0v) is 16.2. The van der Waals surface area contributed by atoms with Gasteiger partial charge < -0.3 is 19.8 Å². The predicted octanol–water partition coefficient (Wildman–Crippen LogP) is 5.44. The average molecular weight is 390 g/mol. The molecule has 2 N–H and O–H groups in total. The second kappa shape index (κ2) is 8.80. The number of halogens is 1.